The Hall–Kier alpha value is -0.630. The quantitative estimate of drug-likeness (QED) is 0.814. The maximum absolute atomic E-state index is 9.30. The average Bonchev–Trinajstić information content (AvgIpc) is 3.00. The summed E-state index contributed by atoms with van der Waals surface area (Å²) < 4.78 is 0. The van der Waals surface area contributed by atoms with Gasteiger partial charge in [-0.05, 0) is 85.1 Å². The van der Waals surface area contributed by atoms with E-state index < -0.39 is 5.54 Å². The van der Waals surface area contributed by atoms with Crippen LogP contribution in [0.2, 0.25) is 0 Å². The molecule has 2 aliphatic rings. The molecule has 2 saturated heterocycles. The van der Waals surface area contributed by atoms with Crippen LogP contribution in [0.5, 0.6) is 0 Å². The average molecular weight is 292 g/mol. The molecule has 0 aliphatic carbocycles. The Bertz CT molecular complexity index is 350. The van der Waals surface area contributed by atoms with E-state index in [1.807, 2.05) is 14.0 Å². The van der Waals surface area contributed by atoms with Crippen LogP contribution >= 0.6 is 0 Å². The molecule has 0 aromatic carbocycles. The number of nitrogens with one attached hydrogen (secondary N) is 1. The van der Waals surface area contributed by atoms with E-state index in [0.717, 1.165) is 12.3 Å². The highest BCUT2D eigenvalue weighted by Gasteiger charge is 2.30. The molecule has 2 atom stereocenters. The summed E-state index contributed by atoms with van der Waals surface area (Å²) in [6.07, 6.45) is 6.34. The summed E-state index contributed by atoms with van der Waals surface area (Å²) in [4.78, 5) is 5.23. The van der Waals surface area contributed by atoms with Crippen molar-refractivity contribution in [3.63, 3.8) is 0 Å². The van der Waals surface area contributed by atoms with Gasteiger partial charge in [0.25, 0.3) is 0 Å². The lowest BCUT2D eigenvalue weighted by molar-refractivity contribution is 0.109. The number of hydrogen-bond donors (Lipinski definition) is 1. The van der Waals surface area contributed by atoms with Crippen LogP contribution in [0.1, 0.15) is 46.0 Å². The van der Waals surface area contributed by atoms with Gasteiger partial charge < -0.3 is 15.1 Å². The number of nitriles is 1. The first-order chi connectivity index (χ1) is 10.1. The molecule has 0 amide bonds. The Balaban J connectivity index is 1.74. The second-order valence-corrected chi connectivity index (χ2v) is 7.23. The van der Waals surface area contributed by atoms with Gasteiger partial charge in [0.05, 0.1) is 6.07 Å². The third-order valence-electron chi connectivity index (χ3n) is 5.49. The van der Waals surface area contributed by atoms with E-state index in [0.29, 0.717) is 6.04 Å². The third-order valence-corrected chi connectivity index (χ3v) is 5.49. The van der Waals surface area contributed by atoms with Crippen LogP contribution in [0.15, 0.2) is 0 Å². The molecule has 0 saturated carbocycles. The van der Waals surface area contributed by atoms with Gasteiger partial charge in [0.2, 0.25) is 0 Å². The zero-order chi connectivity index (χ0) is 15.3. The van der Waals surface area contributed by atoms with Crippen molar-refractivity contribution in [2.75, 3.05) is 39.8 Å². The zero-order valence-corrected chi connectivity index (χ0v) is 14.1. The van der Waals surface area contributed by atoms with Gasteiger partial charge in [-0.15, -0.1) is 0 Å². The van der Waals surface area contributed by atoms with Gasteiger partial charge in [-0.25, -0.2) is 0 Å². The Labute approximate surface area is 130 Å². The van der Waals surface area contributed by atoms with Gasteiger partial charge in [0.15, 0.2) is 0 Å². The molecule has 0 aromatic heterocycles. The van der Waals surface area contributed by atoms with Gasteiger partial charge in [-0.2, -0.15) is 5.26 Å². The van der Waals surface area contributed by atoms with Gasteiger partial charge in [0, 0.05) is 12.6 Å². The van der Waals surface area contributed by atoms with E-state index in [4.69, 9.17) is 0 Å². The molecular formula is C17H32N4. The minimum absolute atomic E-state index is 0.397. The van der Waals surface area contributed by atoms with Crippen LogP contribution in [0.4, 0.5) is 0 Å². The molecule has 2 rings (SSSR count). The van der Waals surface area contributed by atoms with Crippen molar-refractivity contribution < 1.29 is 0 Å². The molecule has 0 bridgehead atoms. The highest BCUT2D eigenvalue weighted by Crippen LogP contribution is 2.24. The first-order valence-corrected chi connectivity index (χ1v) is 8.63. The maximum Gasteiger partial charge on any atom is 0.105 e. The van der Waals surface area contributed by atoms with Crippen molar-refractivity contribution in [1.82, 2.24) is 15.1 Å². The Morgan fingerprint density at radius 1 is 1.24 bits per heavy atom. The highest BCUT2D eigenvalue weighted by molar-refractivity contribution is 5.04. The van der Waals surface area contributed by atoms with Crippen molar-refractivity contribution in [2.45, 2.75) is 57.5 Å². The third kappa shape index (κ3) is 4.67. The van der Waals surface area contributed by atoms with Crippen LogP contribution in [0.3, 0.4) is 0 Å². The lowest BCUT2D eigenvalue weighted by Crippen LogP contribution is -2.48. The number of nitrogens with zero attached hydrogens (tertiary/aromatic N) is 3. The summed E-state index contributed by atoms with van der Waals surface area (Å²) in [6.45, 7) is 10.6. The fourth-order valence-corrected chi connectivity index (χ4v) is 3.83. The largest absolute Gasteiger partial charge is 0.303 e. The summed E-state index contributed by atoms with van der Waals surface area (Å²) in [5.74, 6) is 0.887. The van der Waals surface area contributed by atoms with Gasteiger partial charge in [0.1, 0.15) is 5.54 Å². The van der Waals surface area contributed by atoms with Crippen molar-refractivity contribution in [3.8, 4) is 6.07 Å². The SMILES string of the molecule is CNC(C)(C#N)CC(C)N1CCC(CN2CCCC2)CC1. The lowest BCUT2D eigenvalue weighted by Gasteiger charge is -2.39. The molecule has 4 heteroatoms. The predicted octanol–water partition coefficient (Wildman–Crippen LogP) is 2.07. The Kier molecular flexibility index (Phi) is 6.04. The fraction of sp³-hybridized carbons (Fsp3) is 0.941. The Morgan fingerprint density at radius 3 is 2.38 bits per heavy atom. The first kappa shape index (κ1) is 16.7. The molecule has 2 aliphatic heterocycles. The van der Waals surface area contributed by atoms with Crippen molar-refractivity contribution in [1.29, 1.82) is 5.26 Å². The summed E-state index contributed by atoms with van der Waals surface area (Å²) >= 11 is 0. The second-order valence-electron chi connectivity index (χ2n) is 7.23. The molecule has 21 heavy (non-hydrogen) atoms. The predicted molar refractivity (Wildman–Crippen MR) is 87.1 cm³/mol. The van der Waals surface area contributed by atoms with Crippen LogP contribution in [-0.4, -0.2) is 61.2 Å². The molecule has 1 N–H and O–H groups in total. The van der Waals surface area contributed by atoms with E-state index >= 15 is 0 Å². The second kappa shape index (κ2) is 7.58. The van der Waals surface area contributed by atoms with E-state index in [9.17, 15) is 5.26 Å². The topological polar surface area (TPSA) is 42.3 Å². The minimum atomic E-state index is -0.397. The smallest absolute Gasteiger partial charge is 0.105 e. The molecule has 2 heterocycles. The van der Waals surface area contributed by atoms with Crippen LogP contribution < -0.4 is 5.32 Å². The van der Waals surface area contributed by atoms with Crippen LogP contribution in [-0.2, 0) is 0 Å². The van der Waals surface area contributed by atoms with E-state index in [2.05, 4.69) is 28.1 Å². The standard InChI is InChI=1S/C17H32N4/c1-15(12-17(2,14-18)19-3)21-10-6-16(7-11-21)13-20-8-4-5-9-20/h15-16,19H,4-13H2,1-3H3. The number of likely N-dealkylation sites (tertiary alicyclic amines) is 2. The zero-order valence-electron chi connectivity index (χ0n) is 14.1. The Morgan fingerprint density at radius 2 is 1.86 bits per heavy atom. The number of piperidine rings is 1. The molecule has 2 unspecified atom stereocenters. The maximum atomic E-state index is 9.30. The molecule has 0 radical (unpaired) electrons. The fourth-order valence-electron chi connectivity index (χ4n) is 3.83. The van der Waals surface area contributed by atoms with Gasteiger partial charge in [-0.1, -0.05) is 0 Å². The lowest BCUT2D eigenvalue weighted by atomic mass is 9.91. The molecule has 2 fully saturated rings. The van der Waals surface area contributed by atoms with Gasteiger partial charge in [-0.3, -0.25) is 0 Å². The van der Waals surface area contributed by atoms with E-state index in [-0.39, 0.29) is 0 Å². The first-order valence-electron chi connectivity index (χ1n) is 8.63. The molecule has 0 aromatic rings. The summed E-state index contributed by atoms with van der Waals surface area (Å²) in [5, 5.41) is 12.5. The summed E-state index contributed by atoms with van der Waals surface area (Å²) in [6, 6.07) is 2.89. The molecule has 4 nitrogen and oxygen atoms in total. The summed E-state index contributed by atoms with van der Waals surface area (Å²) in [5.41, 5.74) is -0.397. The number of hydrogen-bond acceptors (Lipinski definition) is 4. The van der Waals surface area contributed by atoms with Gasteiger partial charge >= 0.3 is 0 Å². The highest BCUT2D eigenvalue weighted by atomic mass is 15.2. The summed E-state index contributed by atoms with van der Waals surface area (Å²) in [7, 11) is 1.89. The van der Waals surface area contributed by atoms with E-state index in [1.54, 1.807) is 0 Å². The van der Waals surface area contributed by atoms with E-state index in [1.165, 1.54) is 58.4 Å². The van der Waals surface area contributed by atoms with Crippen molar-refractivity contribution in [3.05, 3.63) is 0 Å². The van der Waals surface area contributed by atoms with Crippen LogP contribution in [0.25, 0.3) is 0 Å². The molecule has 0 spiro atoms. The minimum Gasteiger partial charge on any atom is -0.303 e. The number of rotatable bonds is 6. The van der Waals surface area contributed by atoms with Crippen molar-refractivity contribution in [2.24, 2.45) is 5.92 Å². The monoisotopic (exact) mass is 292 g/mol. The molecular weight excluding hydrogens is 260 g/mol. The van der Waals surface area contributed by atoms with Crippen molar-refractivity contribution >= 4 is 0 Å². The van der Waals surface area contributed by atoms with Crippen LogP contribution in [0, 0.1) is 17.2 Å². The molecule has 120 valence electrons. The normalized spacial score (nSPS) is 26.4.